The fourth-order valence-corrected chi connectivity index (χ4v) is 2.63. The third-order valence-corrected chi connectivity index (χ3v) is 3.83. The Labute approximate surface area is 123 Å². The summed E-state index contributed by atoms with van der Waals surface area (Å²) in [6, 6.07) is 8.45. The standard InChI is InChI=1S/C17H28N2O/c1-2-3-4-5-8-15-20-17-10-7-6-9-16(17)19-13-11-18-12-14-19/h6-7,9-10,18H,2-5,8,11-15H2,1H3. The van der Waals surface area contributed by atoms with Crippen LogP contribution in [-0.2, 0) is 0 Å². The Bertz CT molecular complexity index is 375. The van der Waals surface area contributed by atoms with Gasteiger partial charge >= 0.3 is 0 Å². The molecule has 1 aliphatic heterocycles. The van der Waals surface area contributed by atoms with E-state index in [0.29, 0.717) is 0 Å². The third kappa shape index (κ3) is 4.71. The molecule has 1 aromatic rings. The summed E-state index contributed by atoms with van der Waals surface area (Å²) in [6.07, 6.45) is 6.42. The maximum atomic E-state index is 6.01. The number of para-hydroxylation sites is 2. The lowest BCUT2D eigenvalue weighted by molar-refractivity contribution is 0.304. The maximum Gasteiger partial charge on any atom is 0.142 e. The van der Waals surface area contributed by atoms with Crippen molar-refractivity contribution in [2.24, 2.45) is 0 Å². The Morgan fingerprint density at radius 2 is 1.80 bits per heavy atom. The SMILES string of the molecule is CCCCCCCOc1ccccc1N1CCNCC1. The van der Waals surface area contributed by atoms with E-state index >= 15 is 0 Å². The molecule has 1 N–H and O–H groups in total. The van der Waals surface area contributed by atoms with Crippen LogP contribution in [0.3, 0.4) is 0 Å². The first-order chi connectivity index (χ1) is 9.92. The molecule has 1 heterocycles. The minimum absolute atomic E-state index is 0.840. The fourth-order valence-electron chi connectivity index (χ4n) is 2.63. The van der Waals surface area contributed by atoms with E-state index in [1.54, 1.807) is 0 Å². The lowest BCUT2D eigenvalue weighted by Gasteiger charge is -2.30. The number of unbranched alkanes of at least 4 members (excludes halogenated alkanes) is 4. The van der Waals surface area contributed by atoms with Crippen molar-refractivity contribution < 1.29 is 4.74 Å². The Hall–Kier alpha value is -1.22. The molecule has 0 atom stereocenters. The largest absolute Gasteiger partial charge is 0.491 e. The lowest BCUT2D eigenvalue weighted by atomic mass is 10.2. The zero-order chi connectivity index (χ0) is 14.0. The predicted octanol–water partition coefficient (Wildman–Crippen LogP) is 3.45. The fraction of sp³-hybridized carbons (Fsp3) is 0.647. The van der Waals surface area contributed by atoms with Gasteiger partial charge in [0.25, 0.3) is 0 Å². The number of nitrogens with one attached hydrogen (secondary N) is 1. The number of rotatable bonds is 8. The number of piperazine rings is 1. The summed E-state index contributed by atoms with van der Waals surface area (Å²) in [6.45, 7) is 7.34. The number of nitrogens with zero attached hydrogens (tertiary/aromatic N) is 1. The van der Waals surface area contributed by atoms with Crippen molar-refractivity contribution in [3.63, 3.8) is 0 Å². The number of hydrogen-bond acceptors (Lipinski definition) is 3. The quantitative estimate of drug-likeness (QED) is 0.736. The van der Waals surface area contributed by atoms with E-state index in [0.717, 1.165) is 45.0 Å². The summed E-state index contributed by atoms with van der Waals surface area (Å²) >= 11 is 0. The molecular formula is C17H28N2O. The van der Waals surface area contributed by atoms with Crippen LogP contribution in [0.1, 0.15) is 39.0 Å². The first-order valence-corrected chi connectivity index (χ1v) is 8.09. The van der Waals surface area contributed by atoms with Gasteiger partial charge in [-0.1, -0.05) is 44.7 Å². The van der Waals surface area contributed by atoms with Crippen LogP contribution in [0, 0.1) is 0 Å². The van der Waals surface area contributed by atoms with E-state index in [4.69, 9.17) is 4.74 Å². The molecule has 0 radical (unpaired) electrons. The topological polar surface area (TPSA) is 24.5 Å². The smallest absolute Gasteiger partial charge is 0.142 e. The molecule has 20 heavy (non-hydrogen) atoms. The van der Waals surface area contributed by atoms with Crippen LogP contribution in [0.5, 0.6) is 5.75 Å². The van der Waals surface area contributed by atoms with Gasteiger partial charge in [-0.25, -0.2) is 0 Å². The second-order valence-electron chi connectivity index (χ2n) is 5.47. The average molecular weight is 276 g/mol. The number of anilines is 1. The monoisotopic (exact) mass is 276 g/mol. The highest BCUT2D eigenvalue weighted by molar-refractivity contribution is 5.58. The Balaban J connectivity index is 1.81. The highest BCUT2D eigenvalue weighted by Crippen LogP contribution is 2.28. The minimum Gasteiger partial charge on any atom is -0.491 e. The van der Waals surface area contributed by atoms with Crippen molar-refractivity contribution in [3.8, 4) is 5.75 Å². The van der Waals surface area contributed by atoms with Gasteiger partial charge in [0, 0.05) is 26.2 Å². The molecule has 112 valence electrons. The van der Waals surface area contributed by atoms with Gasteiger partial charge in [-0.2, -0.15) is 0 Å². The molecule has 0 unspecified atom stereocenters. The molecular weight excluding hydrogens is 248 g/mol. The van der Waals surface area contributed by atoms with Gasteiger partial charge in [-0.05, 0) is 18.6 Å². The van der Waals surface area contributed by atoms with Crippen molar-refractivity contribution in [1.29, 1.82) is 0 Å². The van der Waals surface area contributed by atoms with Crippen LogP contribution in [0.25, 0.3) is 0 Å². The van der Waals surface area contributed by atoms with E-state index in [1.165, 1.54) is 31.4 Å². The van der Waals surface area contributed by atoms with E-state index in [-0.39, 0.29) is 0 Å². The molecule has 1 saturated heterocycles. The van der Waals surface area contributed by atoms with Crippen LogP contribution in [-0.4, -0.2) is 32.8 Å². The Kier molecular flexibility index (Phi) is 6.72. The van der Waals surface area contributed by atoms with E-state index in [1.807, 2.05) is 0 Å². The van der Waals surface area contributed by atoms with Crippen LogP contribution >= 0.6 is 0 Å². The first-order valence-electron chi connectivity index (χ1n) is 8.09. The van der Waals surface area contributed by atoms with Gasteiger partial charge < -0.3 is 15.0 Å². The Morgan fingerprint density at radius 3 is 2.60 bits per heavy atom. The van der Waals surface area contributed by atoms with E-state index < -0.39 is 0 Å². The second-order valence-corrected chi connectivity index (χ2v) is 5.47. The third-order valence-electron chi connectivity index (χ3n) is 3.83. The lowest BCUT2D eigenvalue weighted by Crippen LogP contribution is -2.43. The van der Waals surface area contributed by atoms with Gasteiger partial charge in [0.1, 0.15) is 5.75 Å². The number of ether oxygens (including phenoxy) is 1. The zero-order valence-electron chi connectivity index (χ0n) is 12.7. The van der Waals surface area contributed by atoms with Crippen LogP contribution in [0.2, 0.25) is 0 Å². The molecule has 1 fully saturated rings. The van der Waals surface area contributed by atoms with Gasteiger partial charge in [-0.15, -0.1) is 0 Å². The molecule has 3 heteroatoms. The Morgan fingerprint density at radius 1 is 1.05 bits per heavy atom. The molecule has 0 amide bonds. The molecule has 0 aromatic heterocycles. The van der Waals surface area contributed by atoms with Crippen molar-refractivity contribution >= 4 is 5.69 Å². The number of benzene rings is 1. The summed E-state index contributed by atoms with van der Waals surface area (Å²) in [7, 11) is 0. The van der Waals surface area contributed by atoms with E-state index in [9.17, 15) is 0 Å². The van der Waals surface area contributed by atoms with Crippen LogP contribution in [0.4, 0.5) is 5.69 Å². The predicted molar refractivity (Wildman–Crippen MR) is 85.8 cm³/mol. The molecule has 1 aliphatic rings. The molecule has 0 bridgehead atoms. The van der Waals surface area contributed by atoms with Crippen LogP contribution < -0.4 is 15.0 Å². The maximum absolute atomic E-state index is 6.01. The highest BCUT2D eigenvalue weighted by atomic mass is 16.5. The number of hydrogen-bond donors (Lipinski definition) is 1. The van der Waals surface area contributed by atoms with Gasteiger partial charge in [0.05, 0.1) is 12.3 Å². The molecule has 3 nitrogen and oxygen atoms in total. The van der Waals surface area contributed by atoms with Crippen molar-refractivity contribution in [2.75, 3.05) is 37.7 Å². The molecule has 2 rings (SSSR count). The van der Waals surface area contributed by atoms with Crippen molar-refractivity contribution in [3.05, 3.63) is 24.3 Å². The first kappa shape index (κ1) is 15.2. The average Bonchev–Trinajstić information content (AvgIpc) is 2.52. The zero-order valence-corrected chi connectivity index (χ0v) is 12.7. The molecule has 0 aliphatic carbocycles. The molecule has 1 aromatic carbocycles. The summed E-state index contributed by atoms with van der Waals surface area (Å²) in [5, 5.41) is 3.39. The van der Waals surface area contributed by atoms with Gasteiger partial charge in [0.15, 0.2) is 0 Å². The highest BCUT2D eigenvalue weighted by Gasteiger charge is 2.14. The summed E-state index contributed by atoms with van der Waals surface area (Å²) in [5.74, 6) is 1.05. The summed E-state index contributed by atoms with van der Waals surface area (Å²) < 4.78 is 6.01. The molecule has 0 spiro atoms. The second kappa shape index (κ2) is 8.85. The van der Waals surface area contributed by atoms with Crippen molar-refractivity contribution in [1.82, 2.24) is 5.32 Å². The van der Waals surface area contributed by atoms with Crippen LogP contribution in [0.15, 0.2) is 24.3 Å². The normalized spacial score (nSPS) is 15.3. The summed E-state index contributed by atoms with van der Waals surface area (Å²) in [5.41, 5.74) is 1.25. The van der Waals surface area contributed by atoms with Crippen molar-refractivity contribution in [2.45, 2.75) is 39.0 Å². The molecule has 0 saturated carbocycles. The van der Waals surface area contributed by atoms with Gasteiger partial charge in [0.2, 0.25) is 0 Å². The van der Waals surface area contributed by atoms with Gasteiger partial charge in [-0.3, -0.25) is 0 Å². The minimum atomic E-state index is 0.840. The van der Waals surface area contributed by atoms with E-state index in [2.05, 4.69) is 41.4 Å². The summed E-state index contributed by atoms with van der Waals surface area (Å²) in [4.78, 5) is 2.42.